The number of pyridine rings is 4. The minimum atomic E-state index is -1.69. The van der Waals surface area contributed by atoms with Gasteiger partial charge in [-0.3, -0.25) is 19.2 Å². The number of para-hydroxylation sites is 4. The first kappa shape index (κ1) is 32.0. The van der Waals surface area contributed by atoms with E-state index in [1.807, 2.05) is 0 Å². The molecular formula is C46H20F4N2O4. The van der Waals surface area contributed by atoms with Crippen molar-refractivity contribution in [2.45, 2.75) is 0 Å². The number of hydrogen-bond donors (Lipinski definition) is 0. The van der Waals surface area contributed by atoms with Crippen molar-refractivity contribution in [2.75, 3.05) is 0 Å². The summed E-state index contributed by atoms with van der Waals surface area (Å²) >= 11 is 0. The molecule has 0 N–H and O–H groups in total. The Bertz CT molecular complexity index is 3580. The lowest BCUT2D eigenvalue weighted by Crippen LogP contribution is -2.14. The van der Waals surface area contributed by atoms with Crippen molar-refractivity contribution in [1.82, 2.24) is 8.80 Å². The highest BCUT2D eigenvalue weighted by molar-refractivity contribution is 6.09. The predicted molar refractivity (Wildman–Crippen MR) is 212 cm³/mol. The Morgan fingerprint density at radius 3 is 1.00 bits per heavy atom. The average molecular weight is 741 g/mol. The summed E-state index contributed by atoms with van der Waals surface area (Å²) in [4.78, 5) is 54.7. The Hall–Kier alpha value is -7.46. The standard InChI is InChI=1S/C46H20F4N2O4/c47-37-35(21-15-17-33-29(19-21)45(55)27-11-5-9-25-41(27)51(33)31-13-3-1-7-23(31)43(25)53)38(48)40(50)36(39(37)49)22-16-18-34-30(20-22)46(56)28-12-6-10-26-42(28)52(34)32-14-4-2-8-24(32)44(26)54/h1-20H. The van der Waals surface area contributed by atoms with E-state index in [0.29, 0.717) is 54.6 Å². The zero-order valence-corrected chi connectivity index (χ0v) is 28.6. The molecule has 0 aliphatic rings. The van der Waals surface area contributed by atoms with Crippen molar-refractivity contribution in [3.63, 3.8) is 0 Å². The van der Waals surface area contributed by atoms with E-state index in [4.69, 9.17) is 0 Å². The lowest BCUT2D eigenvalue weighted by Gasteiger charge is -2.17. The van der Waals surface area contributed by atoms with Crippen molar-refractivity contribution in [2.24, 2.45) is 0 Å². The summed E-state index contributed by atoms with van der Waals surface area (Å²) in [6.45, 7) is 0. The van der Waals surface area contributed by atoms with Crippen LogP contribution in [-0.2, 0) is 0 Å². The molecule has 11 rings (SSSR count). The van der Waals surface area contributed by atoms with Crippen molar-refractivity contribution < 1.29 is 17.6 Å². The van der Waals surface area contributed by atoms with E-state index in [1.165, 1.54) is 36.4 Å². The van der Waals surface area contributed by atoms with Crippen LogP contribution in [0.25, 0.3) is 98.4 Å². The molecule has 0 unspecified atom stereocenters. The van der Waals surface area contributed by atoms with Gasteiger partial charge in [0.25, 0.3) is 0 Å². The van der Waals surface area contributed by atoms with Gasteiger partial charge in [0.2, 0.25) is 0 Å². The second-order valence-electron chi connectivity index (χ2n) is 13.9. The zero-order chi connectivity index (χ0) is 38.3. The van der Waals surface area contributed by atoms with Crippen LogP contribution in [-0.4, -0.2) is 8.80 Å². The number of fused-ring (bicyclic) bond motifs is 8. The van der Waals surface area contributed by atoms with Crippen molar-refractivity contribution in [1.29, 1.82) is 0 Å². The third kappa shape index (κ3) is 3.94. The van der Waals surface area contributed by atoms with Gasteiger partial charge in [-0.25, -0.2) is 17.6 Å². The lowest BCUT2D eigenvalue weighted by molar-refractivity contribution is 0.463. The Balaban J connectivity index is 1.15. The molecule has 4 aromatic heterocycles. The molecule has 6 nitrogen and oxygen atoms in total. The molecule has 0 aliphatic heterocycles. The van der Waals surface area contributed by atoms with Gasteiger partial charge in [0.1, 0.15) is 0 Å². The number of nitrogens with zero attached hydrogens (tertiary/aromatic N) is 2. The zero-order valence-electron chi connectivity index (χ0n) is 28.6. The van der Waals surface area contributed by atoms with E-state index in [9.17, 15) is 19.2 Å². The second kappa shape index (κ2) is 11.0. The minimum absolute atomic E-state index is 0.0117. The molecule has 0 fully saturated rings. The van der Waals surface area contributed by atoms with Gasteiger partial charge in [-0.2, -0.15) is 0 Å². The summed E-state index contributed by atoms with van der Waals surface area (Å²) in [5.74, 6) is -6.77. The highest BCUT2D eigenvalue weighted by Gasteiger charge is 2.29. The third-order valence-electron chi connectivity index (χ3n) is 11.1. The van der Waals surface area contributed by atoms with Crippen LogP contribution in [0.15, 0.2) is 141 Å². The third-order valence-corrected chi connectivity index (χ3v) is 11.1. The quantitative estimate of drug-likeness (QED) is 0.0767. The molecule has 7 aromatic carbocycles. The lowest BCUT2D eigenvalue weighted by atomic mass is 9.94. The summed E-state index contributed by atoms with van der Waals surface area (Å²) in [5.41, 5.74) is -1.77. The number of aromatic nitrogens is 2. The first-order chi connectivity index (χ1) is 27.2. The van der Waals surface area contributed by atoms with E-state index >= 15 is 17.6 Å². The van der Waals surface area contributed by atoms with Crippen LogP contribution in [0.3, 0.4) is 0 Å². The summed E-state index contributed by atoms with van der Waals surface area (Å²) in [6, 6.07) is 31.0. The largest absolute Gasteiger partial charge is 0.308 e. The fraction of sp³-hybridized carbons (Fsp3) is 0. The van der Waals surface area contributed by atoms with Gasteiger partial charge < -0.3 is 8.80 Å². The van der Waals surface area contributed by atoms with Crippen LogP contribution in [0.4, 0.5) is 17.6 Å². The summed E-state index contributed by atoms with van der Waals surface area (Å²) in [7, 11) is 0. The van der Waals surface area contributed by atoms with Crippen molar-refractivity contribution in [3.8, 4) is 22.3 Å². The molecule has 0 saturated heterocycles. The fourth-order valence-electron chi connectivity index (χ4n) is 8.62. The Kier molecular flexibility index (Phi) is 6.32. The minimum Gasteiger partial charge on any atom is -0.308 e. The Labute approximate surface area is 309 Å². The normalized spacial score (nSPS) is 12.2. The molecule has 0 atom stereocenters. The molecule has 0 spiro atoms. The molecular weight excluding hydrogens is 721 g/mol. The highest BCUT2D eigenvalue weighted by Crippen LogP contribution is 2.39. The molecule has 0 saturated carbocycles. The van der Waals surface area contributed by atoms with Gasteiger partial charge in [0.15, 0.2) is 45.0 Å². The van der Waals surface area contributed by atoms with Crippen LogP contribution < -0.4 is 21.7 Å². The number of halogens is 4. The average Bonchev–Trinajstić information content (AvgIpc) is 3.22. The molecule has 11 aromatic rings. The Morgan fingerprint density at radius 1 is 0.321 bits per heavy atom. The maximum Gasteiger partial charge on any atom is 0.197 e. The molecule has 266 valence electrons. The summed E-state index contributed by atoms with van der Waals surface area (Å²) in [6.07, 6.45) is 0. The smallest absolute Gasteiger partial charge is 0.197 e. The van der Waals surface area contributed by atoms with Crippen LogP contribution in [0.5, 0.6) is 0 Å². The topological polar surface area (TPSA) is 77.1 Å². The molecule has 0 bridgehead atoms. The number of hydrogen-bond acceptors (Lipinski definition) is 4. The van der Waals surface area contributed by atoms with E-state index < -0.39 is 45.3 Å². The molecule has 56 heavy (non-hydrogen) atoms. The van der Waals surface area contributed by atoms with Crippen molar-refractivity contribution >= 4 is 76.2 Å². The molecule has 0 amide bonds. The maximum atomic E-state index is 16.2. The van der Waals surface area contributed by atoms with E-state index in [0.717, 1.165) is 0 Å². The SMILES string of the molecule is O=c1c2ccccc2n2c3ccc(-c4c(F)c(F)c(-c5ccc6c(c5)c(=O)c5cccc7c(=O)c8ccccc8n6c75)c(F)c4F)cc3c(=O)c3cccc1c32. The van der Waals surface area contributed by atoms with Gasteiger partial charge in [-0.05, 0) is 83.9 Å². The van der Waals surface area contributed by atoms with Crippen LogP contribution >= 0.6 is 0 Å². The van der Waals surface area contributed by atoms with Crippen molar-refractivity contribution in [3.05, 3.63) is 185 Å². The predicted octanol–water partition coefficient (Wildman–Crippen LogP) is 9.32. The van der Waals surface area contributed by atoms with E-state index in [2.05, 4.69) is 0 Å². The summed E-state index contributed by atoms with van der Waals surface area (Å²) < 4.78 is 68.5. The number of benzene rings is 7. The summed E-state index contributed by atoms with van der Waals surface area (Å²) in [5, 5.41) is 1.81. The first-order valence-corrected chi connectivity index (χ1v) is 17.5. The molecule has 0 radical (unpaired) electrons. The van der Waals surface area contributed by atoms with Crippen LogP contribution in [0, 0.1) is 23.3 Å². The maximum absolute atomic E-state index is 16.2. The van der Waals surface area contributed by atoms with E-state index in [-0.39, 0.29) is 43.5 Å². The second-order valence-corrected chi connectivity index (χ2v) is 13.9. The Morgan fingerprint density at radius 2 is 0.625 bits per heavy atom. The van der Waals surface area contributed by atoms with Crippen LogP contribution in [0.2, 0.25) is 0 Å². The van der Waals surface area contributed by atoms with Gasteiger partial charge in [0.05, 0.1) is 44.2 Å². The molecule has 10 heteroatoms. The van der Waals surface area contributed by atoms with Gasteiger partial charge in [-0.15, -0.1) is 0 Å². The monoisotopic (exact) mass is 740 g/mol. The molecule has 4 heterocycles. The van der Waals surface area contributed by atoms with Crippen LogP contribution in [0.1, 0.15) is 0 Å². The van der Waals surface area contributed by atoms with E-state index in [1.54, 1.807) is 93.7 Å². The molecule has 0 aliphatic carbocycles. The number of rotatable bonds is 2. The van der Waals surface area contributed by atoms with Gasteiger partial charge in [-0.1, -0.05) is 48.5 Å². The van der Waals surface area contributed by atoms with Gasteiger partial charge >= 0.3 is 0 Å². The first-order valence-electron chi connectivity index (χ1n) is 17.5. The van der Waals surface area contributed by atoms with Gasteiger partial charge in [0, 0.05) is 43.1 Å². The fourth-order valence-corrected chi connectivity index (χ4v) is 8.62. The highest BCUT2D eigenvalue weighted by atomic mass is 19.2.